The Balaban J connectivity index is 1.42. The van der Waals surface area contributed by atoms with Crippen LogP contribution in [-0.2, 0) is 14.4 Å². The Hall–Kier alpha value is -3.29. The van der Waals surface area contributed by atoms with Crippen LogP contribution in [0, 0.1) is 0 Å². The zero-order valence-corrected chi connectivity index (χ0v) is 17.3. The summed E-state index contributed by atoms with van der Waals surface area (Å²) in [6.45, 7) is 0.242. The molecule has 0 saturated carbocycles. The molecule has 1 aromatic carbocycles. The van der Waals surface area contributed by atoms with E-state index in [9.17, 15) is 24.0 Å². The van der Waals surface area contributed by atoms with Gasteiger partial charge >= 0.3 is 17.8 Å². The van der Waals surface area contributed by atoms with Crippen molar-refractivity contribution in [3.05, 3.63) is 41.5 Å². The van der Waals surface area contributed by atoms with E-state index in [1.165, 1.54) is 5.57 Å². The van der Waals surface area contributed by atoms with Crippen molar-refractivity contribution < 1.29 is 24.0 Å². The Morgan fingerprint density at radius 1 is 0.935 bits per heavy atom. The average molecular weight is 423 g/mol. The Labute approximate surface area is 180 Å². The minimum Gasteiger partial charge on any atom is -0.312 e. The van der Waals surface area contributed by atoms with Crippen molar-refractivity contribution in [1.82, 2.24) is 9.80 Å². The van der Waals surface area contributed by atoms with Crippen LogP contribution in [0.25, 0.3) is 0 Å². The minimum atomic E-state index is -0.971. The maximum Gasteiger partial charge on any atom is 0.334 e. The van der Waals surface area contributed by atoms with Crippen molar-refractivity contribution in [1.29, 1.82) is 0 Å². The summed E-state index contributed by atoms with van der Waals surface area (Å²) in [7, 11) is 0. The molecule has 2 fully saturated rings. The number of urea groups is 1. The molecule has 31 heavy (non-hydrogen) atoms. The number of carbonyl (C=O) groups excluding carboxylic acids is 5. The highest BCUT2D eigenvalue weighted by molar-refractivity contribution is 6.45. The Kier molecular flexibility index (Phi) is 5.97. The molecule has 4 rings (SSSR count). The van der Waals surface area contributed by atoms with Crippen molar-refractivity contribution in [3.8, 4) is 0 Å². The molecule has 8 nitrogen and oxygen atoms in total. The summed E-state index contributed by atoms with van der Waals surface area (Å²) in [5.41, 5.74) is 2.10. The third-order valence-corrected chi connectivity index (χ3v) is 6.03. The molecule has 0 unspecified atom stereocenters. The van der Waals surface area contributed by atoms with E-state index in [2.05, 4.69) is 6.08 Å². The molecule has 0 spiro atoms. The second kappa shape index (κ2) is 8.83. The molecule has 2 heterocycles. The number of nitrogens with zero attached hydrogens (tertiary/aromatic N) is 3. The predicted molar refractivity (Wildman–Crippen MR) is 112 cm³/mol. The van der Waals surface area contributed by atoms with Gasteiger partial charge in [0, 0.05) is 30.8 Å². The van der Waals surface area contributed by atoms with E-state index < -0.39 is 30.2 Å². The topological polar surface area (TPSA) is 95.1 Å². The molecule has 1 aromatic rings. The van der Waals surface area contributed by atoms with E-state index in [1.54, 1.807) is 29.2 Å². The van der Waals surface area contributed by atoms with E-state index in [0.29, 0.717) is 30.0 Å². The van der Waals surface area contributed by atoms with Crippen molar-refractivity contribution in [2.24, 2.45) is 0 Å². The molecule has 3 aliphatic rings. The lowest BCUT2D eigenvalue weighted by Crippen LogP contribution is -2.37. The molecule has 0 atom stereocenters. The number of amides is 5. The van der Waals surface area contributed by atoms with Crippen molar-refractivity contribution in [2.75, 3.05) is 24.5 Å². The number of hydrogen-bond acceptors (Lipinski definition) is 5. The molecule has 2 saturated heterocycles. The first-order valence-electron chi connectivity index (χ1n) is 10.7. The van der Waals surface area contributed by atoms with E-state index in [-0.39, 0.29) is 18.0 Å². The van der Waals surface area contributed by atoms with E-state index in [1.807, 2.05) is 0 Å². The molecule has 162 valence electrons. The summed E-state index contributed by atoms with van der Waals surface area (Å²) in [4.78, 5) is 65.4. The largest absolute Gasteiger partial charge is 0.334 e. The number of rotatable bonds is 7. The van der Waals surface area contributed by atoms with Gasteiger partial charge in [-0.2, -0.15) is 0 Å². The number of hydrogen-bond donors (Lipinski definition) is 0. The molecule has 8 heteroatoms. The van der Waals surface area contributed by atoms with Gasteiger partial charge in [0.2, 0.25) is 5.91 Å². The van der Waals surface area contributed by atoms with Gasteiger partial charge in [-0.25, -0.2) is 9.69 Å². The number of imide groups is 2. The number of carbonyl (C=O) groups is 5. The van der Waals surface area contributed by atoms with Crippen LogP contribution in [-0.4, -0.2) is 59.0 Å². The van der Waals surface area contributed by atoms with Gasteiger partial charge in [-0.05, 0) is 50.7 Å². The second-order valence-electron chi connectivity index (χ2n) is 8.11. The van der Waals surface area contributed by atoms with Crippen LogP contribution in [0.2, 0.25) is 0 Å². The summed E-state index contributed by atoms with van der Waals surface area (Å²) >= 11 is 0. The predicted octanol–water partition coefficient (Wildman–Crippen LogP) is 2.68. The Morgan fingerprint density at radius 2 is 1.74 bits per heavy atom. The first-order chi connectivity index (χ1) is 15.0. The van der Waals surface area contributed by atoms with Gasteiger partial charge in [0.05, 0.1) is 6.54 Å². The number of Topliss-reactive ketones (excluding diaryl/α,β-unsaturated/α-hetero) is 1. The van der Waals surface area contributed by atoms with Crippen LogP contribution < -0.4 is 4.90 Å². The van der Waals surface area contributed by atoms with Crippen molar-refractivity contribution in [2.45, 2.75) is 44.9 Å². The third-order valence-electron chi connectivity index (χ3n) is 6.03. The first kappa shape index (κ1) is 21.0. The van der Waals surface area contributed by atoms with Gasteiger partial charge in [-0.3, -0.25) is 24.1 Å². The van der Waals surface area contributed by atoms with Crippen LogP contribution in [0.4, 0.5) is 10.5 Å². The van der Waals surface area contributed by atoms with E-state index in [0.717, 1.165) is 37.0 Å². The minimum absolute atomic E-state index is 0.00353. The van der Waals surface area contributed by atoms with E-state index >= 15 is 0 Å². The number of allylic oxidation sites excluding steroid dienone is 1. The average Bonchev–Trinajstić information content (AvgIpc) is 3.30. The molecular formula is C23H25N3O5. The summed E-state index contributed by atoms with van der Waals surface area (Å²) in [6, 6.07) is 5.83. The van der Waals surface area contributed by atoms with Gasteiger partial charge in [-0.1, -0.05) is 23.8 Å². The summed E-state index contributed by atoms with van der Waals surface area (Å²) in [6.07, 6.45) is 8.11. The lowest BCUT2D eigenvalue weighted by Gasteiger charge is -2.18. The monoisotopic (exact) mass is 423 g/mol. The molecule has 2 aliphatic heterocycles. The molecule has 5 amide bonds. The summed E-state index contributed by atoms with van der Waals surface area (Å²) in [5.74, 6) is -2.31. The molecule has 0 bridgehead atoms. The number of ketones is 1. The zero-order valence-electron chi connectivity index (χ0n) is 17.3. The van der Waals surface area contributed by atoms with Crippen LogP contribution >= 0.6 is 0 Å². The van der Waals surface area contributed by atoms with E-state index in [4.69, 9.17) is 0 Å². The number of anilines is 1. The van der Waals surface area contributed by atoms with Gasteiger partial charge in [0.1, 0.15) is 0 Å². The van der Waals surface area contributed by atoms with Crippen LogP contribution in [0.15, 0.2) is 35.9 Å². The highest BCUT2D eigenvalue weighted by Crippen LogP contribution is 2.24. The van der Waals surface area contributed by atoms with Gasteiger partial charge in [0.25, 0.3) is 0 Å². The van der Waals surface area contributed by atoms with Gasteiger partial charge < -0.3 is 4.90 Å². The zero-order chi connectivity index (χ0) is 22.0. The fourth-order valence-corrected chi connectivity index (χ4v) is 4.28. The maximum atomic E-state index is 12.8. The molecule has 0 radical (unpaired) electrons. The number of benzene rings is 1. The second-order valence-corrected chi connectivity index (χ2v) is 8.11. The SMILES string of the molecule is O=C(CN1C(=O)C(=O)N(CCC2=CCCCC2)C1=O)c1cccc(N2CCCC2=O)c1. The first-order valence-corrected chi connectivity index (χ1v) is 10.7. The highest BCUT2D eigenvalue weighted by Gasteiger charge is 2.45. The Bertz CT molecular complexity index is 983. The molecule has 1 aliphatic carbocycles. The highest BCUT2D eigenvalue weighted by atomic mass is 16.2. The molecular weight excluding hydrogens is 398 g/mol. The van der Waals surface area contributed by atoms with Gasteiger partial charge in [0.15, 0.2) is 5.78 Å². The van der Waals surface area contributed by atoms with Crippen LogP contribution in [0.5, 0.6) is 0 Å². The maximum absolute atomic E-state index is 12.8. The summed E-state index contributed by atoms with van der Waals surface area (Å²) in [5, 5.41) is 0. The third kappa shape index (κ3) is 4.28. The molecule has 0 aromatic heterocycles. The lowest BCUT2D eigenvalue weighted by molar-refractivity contribution is -0.143. The fourth-order valence-electron chi connectivity index (χ4n) is 4.28. The standard InChI is InChI=1S/C23H25N3O5/c27-19(17-8-4-9-18(14-17)24-12-5-10-20(24)28)15-26-22(30)21(29)25(23(26)31)13-11-16-6-2-1-3-7-16/h4,6,8-9,14H,1-3,5,7,10-13,15H2. The Morgan fingerprint density at radius 3 is 2.45 bits per heavy atom. The van der Waals surface area contributed by atoms with Crippen molar-refractivity contribution in [3.63, 3.8) is 0 Å². The van der Waals surface area contributed by atoms with Crippen molar-refractivity contribution >= 4 is 35.2 Å². The lowest BCUT2D eigenvalue weighted by atomic mass is 9.97. The molecule has 0 N–H and O–H groups in total. The quantitative estimate of drug-likeness (QED) is 0.291. The van der Waals surface area contributed by atoms with Gasteiger partial charge in [-0.15, -0.1) is 0 Å². The normalized spacial score (nSPS) is 19.5. The van der Waals surface area contributed by atoms with Crippen LogP contribution in [0.3, 0.4) is 0 Å². The van der Waals surface area contributed by atoms with Crippen LogP contribution in [0.1, 0.15) is 55.3 Å². The fraction of sp³-hybridized carbons (Fsp3) is 0.435. The summed E-state index contributed by atoms with van der Waals surface area (Å²) < 4.78 is 0. The smallest absolute Gasteiger partial charge is 0.312 e.